The Kier molecular flexibility index (Phi) is 3.53. The van der Waals surface area contributed by atoms with Crippen LogP contribution in [-0.4, -0.2) is 12.9 Å². The number of rotatable bonds is 4. The van der Waals surface area contributed by atoms with Gasteiger partial charge in [0.1, 0.15) is 12.4 Å². The Hall–Kier alpha value is -2.01. The first-order valence-corrected chi connectivity index (χ1v) is 5.19. The summed E-state index contributed by atoms with van der Waals surface area (Å²) in [6.45, 7) is 0.241. The van der Waals surface area contributed by atoms with Crippen molar-refractivity contribution in [3.63, 3.8) is 0 Å². The van der Waals surface area contributed by atoms with Crippen molar-refractivity contribution in [3.8, 4) is 0 Å². The lowest BCUT2D eigenvalue weighted by molar-refractivity contribution is 0.0999. The van der Waals surface area contributed by atoms with E-state index in [2.05, 4.69) is 0 Å². The molecule has 0 spiro atoms. The summed E-state index contributed by atoms with van der Waals surface area (Å²) in [5.74, 6) is -2.01. The van der Waals surface area contributed by atoms with Crippen LogP contribution in [0.2, 0.25) is 0 Å². The van der Waals surface area contributed by atoms with Crippen molar-refractivity contribution in [2.24, 2.45) is 0 Å². The SMILES string of the molecule is COCc1ccc(C(=O)c2ccc(F)c(F)c2)o1. The Morgan fingerprint density at radius 2 is 2.00 bits per heavy atom. The van der Waals surface area contributed by atoms with Crippen LogP contribution in [0.5, 0.6) is 0 Å². The highest BCUT2D eigenvalue weighted by Gasteiger charge is 2.15. The maximum atomic E-state index is 13.0. The van der Waals surface area contributed by atoms with Gasteiger partial charge < -0.3 is 9.15 Å². The molecule has 0 unspecified atom stereocenters. The van der Waals surface area contributed by atoms with Crippen LogP contribution >= 0.6 is 0 Å². The van der Waals surface area contributed by atoms with Crippen LogP contribution in [0.25, 0.3) is 0 Å². The van der Waals surface area contributed by atoms with E-state index in [1.807, 2.05) is 0 Å². The van der Waals surface area contributed by atoms with Crippen molar-refractivity contribution in [2.75, 3.05) is 7.11 Å². The summed E-state index contributed by atoms with van der Waals surface area (Å²) in [6, 6.07) is 6.02. The second-order valence-corrected chi connectivity index (χ2v) is 3.66. The lowest BCUT2D eigenvalue weighted by Gasteiger charge is -1.99. The third-order valence-corrected chi connectivity index (χ3v) is 2.35. The standard InChI is InChI=1S/C13H10F2O3/c1-17-7-9-3-5-12(18-9)13(16)8-2-4-10(14)11(15)6-8/h2-6H,7H2,1H3. The molecule has 94 valence electrons. The number of hydrogen-bond acceptors (Lipinski definition) is 3. The van der Waals surface area contributed by atoms with Crippen molar-refractivity contribution in [2.45, 2.75) is 6.61 Å². The van der Waals surface area contributed by atoms with Gasteiger partial charge in [-0.3, -0.25) is 4.79 Å². The van der Waals surface area contributed by atoms with Gasteiger partial charge in [-0.2, -0.15) is 0 Å². The smallest absolute Gasteiger partial charge is 0.228 e. The number of benzene rings is 1. The molecule has 0 fully saturated rings. The van der Waals surface area contributed by atoms with Crippen LogP contribution in [0.3, 0.4) is 0 Å². The lowest BCUT2D eigenvalue weighted by atomic mass is 10.1. The van der Waals surface area contributed by atoms with Crippen molar-refractivity contribution in [1.82, 2.24) is 0 Å². The average Bonchev–Trinajstić information content (AvgIpc) is 2.81. The monoisotopic (exact) mass is 252 g/mol. The van der Waals surface area contributed by atoms with Gasteiger partial charge in [-0.05, 0) is 30.3 Å². The Balaban J connectivity index is 2.26. The van der Waals surface area contributed by atoms with E-state index in [0.717, 1.165) is 12.1 Å². The summed E-state index contributed by atoms with van der Waals surface area (Å²) in [6.07, 6.45) is 0. The number of carbonyl (C=O) groups is 1. The number of methoxy groups -OCH3 is 1. The fraction of sp³-hybridized carbons (Fsp3) is 0.154. The molecule has 0 aliphatic carbocycles. The van der Waals surface area contributed by atoms with E-state index in [0.29, 0.717) is 5.76 Å². The summed E-state index contributed by atoms with van der Waals surface area (Å²) in [5.41, 5.74) is 0.0345. The van der Waals surface area contributed by atoms with Crippen LogP contribution in [0.15, 0.2) is 34.7 Å². The second kappa shape index (κ2) is 5.10. The molecule has 5 heteroatoms. The van der Waals surface area contributed by atoms with E-state index in [4.69, 9.17) is 9.15 Å². The highest BCUT2D eigenvalue weighted by molar-refractivity contribution is 6.07. The van der Waals surface area contributed by atoms with Crippen LogP contribution in [0.1, 0.15) is 21.9 Å². The molecule has 18 heavy (non-hydrogen) atoms. The van der Waals surface area contributed by atoms with E-state index in [-0.39, 0.29) is 17.9 Å². The van der Waals surface area contributed by atoms with E-state index in [9.17, 15) is 13.6 Å². The van der Waals surface area contributed by atoms with E-state index in [1.54, 1.807) is 6.07 Å². The molecule has 0 saturated heterocycles. The minimum Gasteiger partial charge on any atom is -0.455 e. The Morgan fingerprint density at radius 3 is 2.67 bits per heavy atom. The molecule has 2 aromatic rings. The molecule has 0 saturated carbocycles. The molecular weight excluding hydrogens is 242 g/mol. The number of furan rings is 1. The predicted octanol–water partition coefficient (Wildman–Crippen LogP) is 2.94. The summed E-state index contributed by atoms with van der Waals surface area (Å²) < 4.78 is 35.8. The Morgan fingerprint density at radius 1 is 1.22 bits per heavy atom. The topological polar surface area (TPSA) is 39.4 Å². The van der Waals surface area contributed by atoms with Gasteiger partial charge in [0.25, 0.3) is 0 Å². The minimum absolute atomic E-state index is 0.0345. The predicted molar refractivity (Wildman–Crippen MR) is 59.2 cm³/mol. The van der Waals surface area contributed by atoms with E-state index < -0.39 is 17.4 Å². The maximum absolute atomic E-state index is 13.0. The molecule has 1 aromatic heterocycles. The molecule has 1 aromatic carbocycles. The molecule has 0 aliphatic heterocycles. The fourth-order valence-corrected chi connectivity index (χ4v) is 1.50. The summed E-state index contributed by atoms with van der Waals surface area (Å²) in [7, 11) is 1.50. The van der Waals surface area contributed by atoms with Gasteiger partial charge >= 0.3 is 0 Å². The zero-order chi connectivity index (χ0) is 13.1. The molecule has 0 N–H and O–H groups in total. The molecule has 0 atom stereocenters. The van der Waals surface area contributed by atoms with E-state index >= 15 is 0 Å². The molecular formula is C13H10F2O3. The van der Waals surface area contributed by atoms with Crippen LogP contribution < -0.4 is 0 Å². The second-order valence-electron chi connectivity index (χ2n) is 3.66. The highest BCUT2D eigenvalue weighted by atomic mass is 19.2. The number of hydrogen-bond donors (Lipinski definition) is 0. The maximum Gasteiger partial charge on any atom is 0.228 e. The number of halogens is 2. The van der Waals surface area contributed by atoms with Gasteiger partial charge in [0.15, 0.2) is 17.4 Å². The Bertz CT molecular complexity index is 575. The first kappa shape index (κ1) is 12.4. The zero-order valence-electron chi connectivity index (χ0n) is 9.57. The normalized spacial score (nSPS) is 10.6. The molecule has 0 amide bonds. The molecule has 0 bridgehead atoms. The number of ketones is 1. The van der Waals surface area contributed by atoms with Gasteiger partial charge in [0.2, 0.25) is 5.78 Å². The molecule has 2 rings (SSSR count). The summed E-state index contributed by atoms with van der Waals surface area (Å²) in [4.78, 5) is 11.9. The number of ether oxygens (including phenoxy) is 1. The first-order chi connectivity index (χ1) is 8.61. The zero-order valence-corrected chi connectivity index (χ0v) is 9.57. The van der Waals surface area contributed by atoms with Gasteiger partial charge in [-0.1, -0.05) is 0 Å². The largest absolute Gasteiger partial charge is 0.455 e. The van der Waals surface area contributed by atoms with Crippen LogP contribution in [-0.2, 0) is 11.3 Å². The van der Waals surface area contributed by atoms with Crippen LogP contribution in [0.4, 0.5) is 8.78 Å². The lowest BCUT2D eigenvalue weighted by Crippen LogP contribution is -2.01. The van der Waals surface area contributed by atoms with Crippen molar-refractivity contribution < 1.29 is 22.7 Å². The van der Waals surface area contributed by atoms with Gasteiger partial charge in [-0.25, -0.2) is 8.78 Å². The van der Waals surface area contributed by atoms with Crippen molar-refractivity contribution in [3.05, 3.63) is 59.1 Å². The summed E-state index contributed by atoms with van der Waals surface area (Å²) in [5, 5.41) is 0. The average molecular weight is 252 g/mol. The summed E-state index contributed by atoms with van der Waals surface area (Å²) >= 11 is 0. The third-order valence-electron chi connectivity index (χ3n) is 2.35. The number of carbonyl (C=O) groups excluding carboxylic acids is 1. The molecule has 3 nitrogen and oxygen atoms in total. The highest BCUT2D eigenvalue weighted by Crippen LogP contribution is 2.16. The van der Waals surface area contributed by atoms with Gasteiger partial charge in [-0.15, -0.1) is 0 Å². The molecule has 1 heterocycles. The minimum atomic E-state index is -1.07. The van der Waals surface area contributed by atoms with Crippen LogP contribution in [0, 0.1) is 11.6 Å². The van der Waals surface area contributed by atoms with Crippen molar-refractivity contribution in [1.29, 1.82) is 0 Å². The van der Waals surface area contributed by atoms with Crippen molar-refractivity contribution >= 4 is 5.78 Å². The van der Waals surface area contributed by atoms with Gasteiger partial charge in [0, 0.05) is 12.7 Å². The van der Waals surface area contributed by atoms with Gasteiger partial charge in [0.05, 0.1) is 0 Å². The Labute approximate surface area is 102 Å². The molecule has 0 aliphatic rings. The quantitative estimate of drug-likeness (QED) is 0.785. The van der Waals surface area contributed by atoms with E-state index in [1.165, 1.54) is 19.2 Å². The fourth-order valence-electron chi connectivity index (χ4n) is 1.50. The third kappa shape index (κ3) is 2.46. The first-order valence-electron chi connectivity index (χ1n) is 5.19. The molecule has 0 radical (unpaired) electrons.